The van der Waals surface area contributed by atoms with E-state index in [2.05, 4.69) is 29.1 Å². The Labute approximate surface area is 185 Å². The highest BCUT2D eigenvalue weighted by Gasteiger charge is 2.36. The average molecular weight is 446 g/mol. The molecule has 0 saturated carbocycles. The zero-order chi connectivity index (χ0) is 22.8. The van der Waals surface area contributed by atoms with Gasteiger partial charge < -0.3 is 11.1 Å². The monoisotopic (exact) mass is 445 g/mol. The molecule has 0 saturated heterocycles. The number of nitrogens with two attached hydrogens (primary N) is 1. The number of aromatic nitrogens is 1. The molecule has 3 N–H and O–H groups in total. The second kappa shape index (κ2) is 9.13. The van der Waals surface area contributed by atoms with Crippen molar-refractivity contribution in [2.75, 3.05) is 0 Å². The Bertz CT molecular complexity index is 1010. The Hall–Kier alpha value is -2.81. The van der Waals surface area contributed by atoms with E-state index < -0.39 is 5.54 Å². The Morgan fingerprint density at radius 3 is 2.77 bits per heavy atom. The Kier molecular flexibility index (Phi) is 6.74. The third-order valence-corrected chi connectivity index (χ3v) is 5.95. The van der Waals surface area contributed by atoms with Gasteiger partial charge in [0.25, 0.3) is 5.91 Å². The maximum atomic E-state index is 13.4. The molecule has 31 heavy (non-hydrogen) atoms. The summed E-state index contributed by atoms with van der Waals surface area (Å²) in [7, 11) is 0. The van der Waals surface area contributed by atoms with Crippen LogP contribution in [0.3, 0.4) is 0 Å². The lowest BCUT2D eigenvalue weighted by Crippen LogP contribution is -2.50. The van der Waals surface area contributed by atoms with Gasteiger partial charge in [-0.25, -0.2) is 14.4 Å². The fourth-order valence-electron chi connectivity index (χ4n) is 3.84. The highest BCUT2D eigenvalue weighted by atomic mass is 32.1. The van der Waals surface area contributed by atoms with E-state index in [1.165, 1.54) is 28.4 Å². The number of benzene rings is 1. The number of thiazole rings is 1. The van der Waals surface area contributed by atoms with Crippen molar-refractivity contribution >= 4 is 29.1 Å². The number of carbonyl (C=O) groups excluding carboxylic acids is 2. The lowest BCUT2D eigenvalue weighted by Gasteiger charge is -2.35. The largest absolute Gasteiger partial charge is 0.369 e. The van der Waals surface area contributed by atoms with E-state index in [1.54, 1.807) is 24.4 Å². The molecule has 2 aromatic rings. The number of rotatable bonds is 7. The van der Waals surface area contributed by atoms with E-state index in [0.29, 0.717) is 16.5 Å². The first-order valence-corrected chi connectivity index (χ1v) is 11.1. The molecule has 7 nitrogen and oxygen atoms in total. The van der Waals surface area contributed by atoms with Gasteiger partial charge in [0, 0.05) is 5.38 Å². The van der Waals surface area contributed by atoms with Crippen LogP contribution in [-0.2, 0) is 11.3 Å². The molecule has 0 fully saturated rings. The molecule has 1 aliphatic rings. The summed E-state index contributed by atoms with van der Waals surface area (Å²) in [5.41, 5.74) is 6.51. The molecule has 1 aliphatic heterocycles. The molecular weight excluding hydrogens is 417 g/mol. The summed E-state index contributed by atoms with van der Waals surface area (Å²) < 4.78 is 13.4. The van der Waals surface area contributed by atoms with Gasteiger partial charge in [-0.3, -0.25) is 14.5 Å². The van der Waals surface area contributed by atoms with Gasteiger partial charge in [-0.1, -0.05) is 26.0 Å². The van der Waals surface area contributed by atoms with Crippen LogP contribution in [-0.4, -0.2) is 33.2 Å². The topological polar surface area (TPSA) is 101 Å². The minimum atomic E-state index is -0.493. The first kappa shape index (κ1) is 22.9. The lowest BCUT2D eigenvalue weighted by molar-refractivity contribution is -0.130. The van der Waals surface area contributed by atoms with Crippen molar-refractivity contribution in [2.45, 2.75) is 58.7 Å². The molecule has 0 aliphatic carbocycles. The minimum absolute atomic E-state index is 0.100. The van der Waals surface area contributed by atoms with Crippen LogP contribution in [0.15, 0.2) is 34.6 Å². The molecule has 2 amide bonds. The average Bonchev–Trinajstić information content (AvgIpc) is 3.12. The van der Waals surface area contributed by atoms with Gasteiger partial charge in [0.1, 0.15) is 16.5 Å². The number of nitrogens with zero attached hydrogens (tertiary/aromatic N) is 3. The van der Waals surface area contributed by atoms with E-state index >= 15 is 0 Å². The zero-order valence-electron chi connectivity index (χ0n) is 18.2. The number of amides is 2. The van der Waals surface area contributed by atoms with E-state index in [0.717, 1.165) is 6.42 Å². The third kappa shape index (κ3) is 5.66. The number of halogens is 1. The zero-order valence-corrected chi connectivity index (χ0v) is 19.0. The second-order valence-corrected chi connectivity index (χ2v) is 9.54. The normalized spacial score (nSPS) is 20.0. The van der Waals surface area contributed by atoms with Crippen LogP contribution in [0.4, 0.5) is 4.39 Å². The van der Waals surface area contributed by atoms with Crippen LogP contribution in [0, 0.1) is 11.7 Å². The lowest BCUT2D eigenvalue weighted by atomic mass is 9.87. The van der Waals surface area contributed by atoms with Crippen molar-refractivity contribution < 1.29 is 14.0 Å². The van der Waals surface area contributed by atoms with Crippen LogP contribution in [0.25, 0.3) is 0 Å². The second-order valence-electron chi connectivity index (χ2n) is 8.60. The smallest absolute Gasteiger partial charge is 0.271 e. The van der Waals surface area contributed by atoms with E-state index in [9.17, 15) is 14.0 Å². The minimum Gasteiger partial charge on any atom is -0.369 e. The molecule has 2 heterocycles. The van der Waals surface area contributed by atoms with Gasteiger partial charge in [0.05, 0.1) is 24.5 Å². The first-order chi connectivity index (χ1) is 14.6. The number of hydrogen-bond acceptors (Lipinski definition) is 6. The maximum Gasteiger partial charge on any atom is 0.271 e. The Morgan fingerprint density at radius 1 is 1.39 bits per heavy atom. The Morgan fingerprint density at radius 2 is 2.13 bits per heavy atom. The molecule has 9 heteroatoms. The quantitative estimate of drug-likeness (QED) is 0.680. The number of hydrogen-bond donors (Lipinski definition) is 2. The molecule has 1 aromatic heterocycles. The third-order valence-electron chi connectivity index (χ3n) is 5.12. The van der Waals surface area contributed by atoms with E-state index in [-0.39, 0.29) is 48.3 Å². The summed E-state index contributed by atoms with van der Waals surface area (Å²) in [5.74, 6) is -0.243. The maximum absolute atomic E-state index is 13.4. The van der Waals surface area contributed by atoms with Crippen LogP contribution in [0.1, 0.15) is 67.6 Å². The summed E-state index contributed by atoms with van der Waals surface area (Å²) in [6.07, 6.45) is 1.06. The standard InChI is InChI=1S/C22H28FN5O2S/c1-13(2)9-22(4)10-19(29)28(21(24)27-22)11-18-26-17(12-31-18)20(30)25-14(3)15-6-5-7-16(23)8-15/h5-8,12-14H,9-11H2,1-4H3,(H2,24,27)(H,25,30). The molecule has 2 unspecified atom stereocenters. The summed E-state index contributed by atoms with van der Waals surface area (Å²) in [4.78, 5) is 35.6. The predicted octanol–water partition coefficient (Wildman–Crippen LogP) is 3.63. The molecule has 2 atom stereocenters. The molecule has 1 aromatic carbocycles. The van der Waals surface area contributed by atoms with Crippen molar-refractivity contribution in [1.82, 2.24) is 15.2 Å². The van der Waals surface area contributed by atoms with Crippen molar-refractivity contribution in [3.63, 3.8) is 0 Å². The number of guanidine groups is 1. The van der Waals surface area contributed by atoms with E-state index in [4.69, 9.17) is 5.73 Å². The number of carbonyl (C=O) groups is 2. The summed E-state index contributed by atoms with van der Waals surface area (Å²) in [5, 5.41) is 5.03. The van der Waals surface area contributed by atoms with Crippen LogP contribution in [0.2, 0.25) is 0 Å². The van der Waals surface area contributed by atoms with Crippen molar-refractivity contribution in [1.29, 1.82) is 0 Å². The fourth-order valence-corrected chi connectivity index (χ4v) is 4.61. The van der Waals surface area contributed by atoms with Crippen LogP contribution in [0.5, 0.6) is 0 Å². The van der Waals surface area contributed by atoms with Gasteiger partial charge in [0.2, 0.25) is 5.91 Å². The highest BCUT2D eigenvalue weighted by Crippen LogP contribution is 2.30. The molecule has 0 bridgehead atoms. The van der Waals surface area contributed by atoms with Crippen LogP contribution >= 0.6 is 11.3 Å². The summed E-state index contributed by atoms with van der Waals surface area (Å²) in [6.45, 7) is 8.07. The Balaban J connectivity index is 1.66. The first-order valence-electron chi connectivity index (χ1n) is 10.2. The van der Waals surface area contributed by atoms with Crippen molar-refractivity contribution in [3.8, 4) is 0 Å². The van der Waals surface area contributed by atoms with Crippen LogP contribution < -0.4 is 11.1 Å². The molecule has 3 rings (SSSR count). The van der Waals surface area contributed by atoms with E-state index in [1.807, 2.05) is 6.92 Å². The van der Waals surface area contributed by atoms with Gasteiger partial charge in [0.15, 0.2) is 5.96 Å². The molecular formula is C22H28FN5O2S. The van der Waals surface area contributed by atoms with Gasteiger partial charge in [-0.05, 0) is 43.9 Å². The predicted molar refractivity (Wildman–Crippen MR) is 119 cm³/mol. The van der Waals surface area contributed by atoms with Gasteiger partial charge in [-0.2, -0.15) is 0 Å². The number of nitrogens with one attached hydrogen (secondary N) is 1. The number of aliphatic imine (C=N–C) groups is 1. The van der Waals surface area contributed by atoms with Gasteiger partial charge >= 0.3 is 0 Å². The molecule has 0 radical (unpaired) electrons. The van der Waals surface area contributed by atoms with Crippen molar-refractivity contribution in [2.24, 2.45) is 16.6 Å². The SMILES string of the molecule is CC(C)CC1(C)CC(=O)N(Cc2nc(C(=O)NC(C)c3cccc(F)c3)cs2)C(N)=N1. The highest BCUT2D eigenvalue weighted by molar-refractivity contribution is 7.09. The van der Waals surface area contributed by atoms with Crippen molar-refractivity contribution in [3.05, 3.63) is 51.7 Å². The molecule has 0 spiro atoms. The summed E-state index contributed by atoms with van der Waals surface area (Å²) >= 11 is 1.28. The molecule has 166 valence electrons. The van der Waals surface area contributed by atoms with Gasteiger partial charge in [-0.15, -0.1) is 11.3 Å². The fraction of sp³-hybridized carbons (Fsp3) is 0.455. The summed E-state index contributed by atoms with van der Waals surface area (Å²) in [6, 6.07) is 5.71.